The van der Waals surface area contributed by atoms with Gasteiger partial charge in [0.05, 0.1) is 0 Å². The van der Waals surface area contributed by atoms with Crippen LogP contribution in [-0.4, -0.2) is 29.1 Å². The number of carbonyl (C=O) groups excluding carboxylic acids is 1. The van der Waals surface area contributed by atoms with Gasteiger partial charge in [-0.15, -0.1) is 0 Å². The van der Waals surface area contributed by atoms with Gasteiger partial charge in [0.25, 0.3) is 0 Å². The van der Waals surface area contributed by atoms with E-state index in [0.29, 0.717) is 4.90 Å². The van der Waals surface area contributed by atoms with Gasteiger partial charge in [-0.2, -0.15) is 13.2 Å². The van der Waals surface area contributed by atoms with Crippen molar-refractivity contribution in [3.05, 3.63) is 29.8 Å². The van der Waals surface area contributed by atoms with Crippen molar-refractivity contribution in [2.45, 2.75) is 12.7 Å². The van der Waals surface area contributed by atoms with Gasteiger partial charge >= 0.3 is 12.1 Å². The van der Waals surface area contributed by atoms with Gasteiger partial charge in [0.1, 0.15) is 5.75 Å². The molecule has 0 spiro atoms. The molecule has 1 amide bonds. The molecule has 1 aromatic carbocycles. The van der Waals surface area contributed by atoms with Crippen LogP contribution in [0.1, 0.15) is 5.56 Å². The topological polar surface area (TPSA) is 40.5 Å². The number of halogens is 3. The average molecular weight is 233 g/mol. The van der Waals surface area contributed by atoms with Gasteiger partial charge in [-0.05, 0) is 6.07 Å². The molecule has 0 saturated heterocycles. The van der Waals surface area contributed by atoms with Crippen LogP contribution in [0.4, 0.5) is 13.2 Å². The summed E-state index contributed by atoms with van der Waals surface area (Å²) < 4.78 is 36.1. The third kappa shape index (κ3) is 2.88. The smallest absolute Gasteiger partial charge is 0.471 e. The quantitative estimate of drug-likeness (QED) is 0.847. The van der Waals surface area contributed by atoms with Crippen molar-refractivity contribution < 1.29 is 23.1 Å². The van der Waals surface area contributed by atoms with Crippen molar-refractivity contribution in [1.29, 1.82) is 0 Å². The third-order valence-corrected chi connectivity index (χ3v) is 1.99. The number of carbonyl (C=O) groups is 1. The molecule has 0 bridgehead atoms. The predicted molar refractivity (Wildman–Crippen MR) is 50.6 cm³/mol. The monoisotopic (exact) mass is 233 g/mol. The van der Waals surface area contributed by atoms with E-state index in [0.717, 1.165) is 7.05 Å². The zero-order chi connectivity index (χ0) is 12.3. The van der Waals surface area contributed by atoms with Crippen LogP contribution in [0.2, 0.25) is 0 Å². The van der Waals surface area contributed by atoms with Gasteiger partial charge in [0.15, 0.2) is 0 Å². The SMILES string of the molecule is CN(Cc1ccccc1O)C(=O)C(F)(F)F. The van der Waals surface area contributed by atoms with Gasteiger partial charge < -0.3 is 10.0 Å². The largest absolute Gasteiger partial charge is 0.508 e. The van der Waals surface area contributed by atoms with Gasteiger partial charge in [0, 0.05) is 19.2 Å². The van der Waals surface area contributed by atoms with Crippen molar-refractivity contribution >= 4 is 5.91 Å². The highest BCUT2D eigenvalue weighted by atomic mass is 19.4. The highest BCUT2D eigenvalue weighted by molar-refractivity contribution is 5.81. The van der Waals surface area contributed by atoms with Crippen molar-refractivity contribution in [3.8, 4) is 5.75 Å². The Bertz CT molecular complexity index is 390. The molecule has 0 aliphatic heterocycles. The molecule has 0 aliphatic rings. The predicted octanol–water partition coefficient (Wildman–Crippen LogP) is 1.91. The summed E-state index contributed by atoms with van der Waals surface area (Å²) in [4.78, 5) is 11.3. The lowest BCUT2D eigenvalue weighted by molar-refractivity contribution is -0.184. The van der Waals surface area contributed by atoms with E-state index in [1.807, 2.05) is 0 Å². The number of amides is 1. The number of benzene rings is 1. The van der Waals surface area contributed by atoms with Crippen LogP contribution in [-0.2, 0) is 11.3 Å². The number of nitrogens with zero attached hydrogens (tertiary/aromatic N) is 1. The van der Waals surface area contributed by atoms with Crippen LogP contribution >= 0.6 is 0 Å². The zero-order valence-electron chi connectivity index (χ0n) is 8.45. The summed E-state index contributed by atoms with van der Waals surface area (Å²) in [7, 11) is 1.03. The van der Waals surface area contributed by atoms with E-state index in [9.17, 15) is 23.1 Å². The Morgan fingerprint density at radius 2 is 1.94 bits per heavy atom. The summed E-state index contributed by atoms with van der Waals surface area (Å²) in [6.07, 6.45) is -4.89. The molecule has 0 heterocycles. The van der Waals surface area contributed by atoms with E-state index in [4.69, 9.17) is 0 Å². The van der Waals surface area contributed by atoms with Crippen LogP contribution in [0.3, 0.4) is 0 Å². The lowest BCUT2D eigenvalue weighted by Gasteiger charge is -2.19. The number of phenolic OH excluding ortho intramolecular Hbond substituents is 1. The fourth-order valence-electron chi connectivity index (χ4n) is 1.19. The highest BCUT2D eigenvalue weighted by Crippen LogP contribution is 2.21. The van der Waals surface area contributed by atoms with Gasteiger partial charge in [-0.3, -0.25) is 4.79 Å². The number of para-hydroxylation sites is 1. The number of rotatable bonds is 2. The minimum Gasteiger partial charge on any atom is -0.508 e. The molecule has 0 saturated carbocycles. The molecule has 0 fully saturated rings. The lowest BCUT2D eigenvalue weighted by Crippen LogP contribution is -2.37. The first-order valence-corrected chi connectivity index (χ1v) is 4.41. The molecule has 0 radical (unpaired) electrons. The van der Waals surface area contributed by atoms with Crippen LogP contribution in [0.15, 0.2) is 24.3 Å². The molecule has 88 valence electrons. The van der Waals surface area contributed by atoms with E-state index in [1.165, 1.54) is 12.1 Å². The Hall–Kier alpha value is -1.72. The Morgan fingerprint density at radius 3 is 2.44 bits per heavy atom. The first-order valence-electron chi connectivity index (χ1n) is 4.41. The number of phenols is 1. The van der Waals surface area contributed by atoms with Crippen molar-refractivity contribution in [1.82, 2.24) is 4.90 Å². The van der Waals surface area contributed by atoms with E-state index in [1.54, 1.807) is 12.1 Å². The van der Waals surface area contributed by atoms with Crippen LogP contribution in [0, 0.1) is 0 Å². The van der Waals surface area contributed by atoms with Crippen molar-refractivity contribution in [3.63, 3.8) is 0 Å². The summed E-state index contributed by atoms with van der Waals surface area (Å²) in [5.41, 5.74) is 0.266. The standard InChI is InChI=1S/C10H10F3NO2/c1-14(9(16)10(11,12)13)6-7-4-2-3-5-8(7)15/h2-5,15H,6H2,1H3. The van der Waals surface area contributed by atoms with Gasteiger partial charge in [-0.1, -0.05) is 18.2 Å². The second-order valence-corrected chi connectivity index (χ2v) is 3.29. The Balaban J connectivity index is 2.76. The molecular formula is C10H10F3NO2. The molecular weight excluding hydrogens is 223 g/mol. The second kappa shape index (κ2) is 4.42. The van der Waals surface area contributed by atoms with E-state index < -0.39 is 12.1 Å². The molecule has 6 heteroatoms. The molecule has 1 rings (SSSR count). The van der Waals surface area contributed by atoms with E-state index >= 15 is 0 Å². The molecule has 1 N–H and O–H groups in total. The lowest BCUT2D eigenvalue weighted by atomic mass is 10.2. The first kappa shape index (κ1) is 12.4. The molecule has 0 aliphatic carbocycles. The number of hydrogen-bond donors (Lipinski definition) is 1. The van der Waals surface area contributed by atoms with Crippen molar-refractivity contribution in [2.75, 3.05) is 7.05 Å². The van der Waals surface area contributed by atoms with Crippen LogP contribution in [0.25, 0.3) is 0 Å². The third-order valence-electron chi connectivity index (χ3n) is 1.99. The minimum absolute atomic E-state index is 0.135. The second-order valence-electron chi connectivity index (χ2n) is 3.29. The fourth-order valence-corrected chi connectivity index (χ4v) is 1.19. The summed E-state index contributed by atoms with van der Waals surface area (Å²) in [6, 6.07) is 5.92. The minimum atomic E-state index is -4.89. The molecule has 16 heavy (non-hydrogen) atoms. The maximum atomic E-state index is 12.0. The van der Waals surface area contributed by atoms with Crippen LogP contribution < -0.4 is 0 Å². The van der Waals surface area contributed by atoms with Gasteiger partial charge in [0.2, 0.25) is 0 Å². The molecule has 1 aromatic rings. The van der Waals surface area contributed by atoms with Gasteiger partial charge in [-0.25, -0.2) is 0 Å². The summed E-state index contributed by atoms with van der Waals surface area (Å²) in [5, 5.41) is 9.32. The average Bonchev–Trinajstić information content (AvgIpc) is 2.19. The molecule has 0 atom stereocenters. The normalized spacial score (nSPS) is 11.2. The summed E-state index contributed by atoms with van der Waals surface area (Å²) in [5.74, 6) is -2.07. The van der Waals surface area contributed by atoms with E-state index in [-0.39, 0.29) is 17.9 Å². The Kier molecular flexibility index (Phi) is 3.41. The summed E-state index contributed by atoms with van der Waals surface area (Å²) >= 11 is 0. The zero-order valence-corrected chi connectivity index (χ0v) is 8.45. The van der Waals surface area contributed by atoms with Crippen molar-refractivity contribution in [2.24, 2.45) is 0 Å². The molecule has 0 aromatic heterocycles. The Labute approximate surface area is 90.1 Å². The molecule has 3 nitrogen and oxygen atoms in total. The van der Waals surface area contributed by atoms with Crippen LogP contribution in [0.5, 0.6) is 5.75 Å². The summed E-state index contributed by atoms with van der Waals surface area (Å²) in [6.45, 7) is -0.287. The number of hydrogen-bond acceptors (Lipinski definition) is 2. The molecule has 0 unspecified atom stereocenters. The maximum Gasteiger partial charge on any atom is 0.471 e. The number of aromatic hydroxyl groups is 1. The highest BCUT2D eigenvalue weighted by Gasteiger charge is 2.41. The number of alkyl halides is 3. The first-order chi connectivity index (χ1) is 7.32. The fraction of sp³-hybridized carbons (Fsp3) is 0.300. The van der Waals surface area contributed by atoms with E-state index in [2.05, 4.69) is 0 Å². The Morgan fingerprint density at radius 1 is 1.38 bits per heavy atom. The maximum absolute atomic E-state index is 12.0.